The van der Waals surface area contributed by atoms with Crippen LogP contribution in [0.4, 0.5) is 13.2 Å². The number of thioether (sulfide) groups is 1. The third-order valence-electron chi connectivity index (χ3n) is 4.31. The molecule has 7 heteroatoms. The van der Waals surface area contributed by atoms with Crippen molar-refractivity contribution in [3.8, 4) is 0 Å². The van der Waals surface area contributed by atoms with E-state index >= 15 is 0 Å². The number of imidazole rings is 1. The van der Waals surface area contributed by atoms with Gasteiger partial charge in [-0.2, -0.15) is 0 Å². The van der Waals surface area contributed by atoms with Crippen molar-refractivity contribution in [2.24, 2.45) is 0 Å². The average Bonchev–Trinajstić information content (AvgIpc) is 3.23. The van der Waals surface area contributed by atoms with Gasteiger partial charge in [0.1, 0.15) is 23.3 Å². The molecule has 0 saturated carbocycles. The summed E-state index contributed by atoms with van der Waals surface area (Å²) in [6.45, 7) is -0.228. The van der Waals surface area contributed by atoms with E-state index in [1.165, 1.54) is 30.3 Å². The number of hydrogen-bond acceptors (Lipinski definition) is 3. The molecule has 1 aliphatic rings. The van der Waals surface area contributed by atoms with Crippen LogP contribution in [0.2, 0.25) is 0 Å². The molecule has 3 aromatic rings. The summed E-state index contributed by atoms with van der Waals surface area (Å²) in [5, 5.41) is -0.0761. The van der Waals surface area contributed by atoms with Crippen LogP contribution >= 0.6 is 11.8 Å². The van der Waals surface area contributed by atoms with E-state index in [1.54, 1.807) is 30.2 Å². The molecule has 0 radical (unpaired) electrons. The summed E-state index contributed by atoms with van der Waals surface area (Å²) in [5.41, 5.74) is 0.572. The highest BCUT2D eigenvalue weighted by Gasteiger charge is 2.35. The monoisotopic (exact) mass is 376 g/mol. The SMILES string of the molecule is Fc1ccc2c(c1)[C@H](OCc1c(F)cccc1F)[C@@H](Cc1ncc[nH]1)S2. The van der Waals surface area contributed by atoms with Gasteiger partial charge in [0, 0.05) is 34.5 Å². The summed E-state index contributed by atoms with van der Waals surface area (Å²) in [4.78, 5) is 8.17. The molecule has 0 amide bonds. The fourth-order valence-corrected chi connectivity index (χ4v) is 4.44. The van der Waals surface area contributed by atoms with Crippen LogP contribution in [0.3, 0.4) is 0 Å². The molecule has 2 aromatic carbocycles. The maximum atomic E-state index is 13.9. The van der Waals surface area contributed by atoms with Gasteiger partial charge in [-0.1, -0.05) is 6.07 Å². The molecule has 0 spiro atoms. The van der Waals surface area contributed by atoms with Crippen LogP contribution in [0.15, 0.2) is 53.7 Å². The van der Waals surface area contributed by atoms with Gasteiger partial charge in [0.15, 0.2) is 0 Å². The van der Waals surface area contributed by atoms with Crippen molar-refractivity contribution in [1.29, 1.82) is 0 Å². The number of aromatic amines is 1. The summed E-state index contributed by atoms with van der Waals surface area (Å²) in [5.74, 6) is -0.898. The molecule has 2 heterocycles. The first-order valence-electron chi connectivity index (χ1n) is 8.10. The van der Waals surface area contributed by atoms with Crippen LogP contribution in [-0.4, -0.2) is 15.2 Å². The first-order chi connectivity index (χ1) is 12.6. The van der Waals surface area contributed by atoms with Gasteiger partial charge in [-0.15, -0.1) is 11.8 Å². The molecular weight excluding hydrogens is 361 g/mol. The number of rotatable bonds is 5. The Labute approximate surface area is 152 Å². The number of nitrogens with one attached hydrogen (secondary N) is 1. The van der Waals surface area contributed by atoms with Crippen molar-refractivity contribution in [2.45, 2.75) is 29.3 Å². The molecule has 1 aromatic heterocycles. The predicted octanol–water partition coefficient (Wildman–Crippen LogP) is 4.80. The number of halogens is 3. The predicted molar refractivity (Wildman–Crippen MR) is 92.2 cm³/mol. The van der Waals surface area contributed by atoms with E-state index in [4.69, 9.17) is 4.74 Å². The van der Waals surface area contributed by atoms with E-state index in [-0.39, 0.29) is 23.2 Å². The highest BCUT2D eigenvalue weighted by Crippen LogP contribution is 2.47. The first kappa shape index (κ1) is 17.2. The largest absolute Gasteiger partial charge is 0.367 e. The summed E-state index contributed by atoms with van der Waals surface area (Å²) in [6.07, 6.45) is 3.46. The maximum absolute atomic E-state index is 13.9. The minimum Gasteiger partial charge on any atom is -0.367 e. The van der Waals surface area contributed by atoms with Gasteiger partial charge in [-0.25, -0.2) is 18.2 Å². The smallest absolute Gasteiger partial charge is 0.131 e. The normalized spacial score (nSPS) is 18.9. The zero-order chi connectivity index (χ0) is 18.1. The quantitative estimate of drug-likeness (QED) is 0.695. The van der Waals surface area contributed by atoms with Crippen LogP contribution in [0.25, 0.3) is 0 Å². The molecule has 0 bridgehead atoms. The lowest BCUT2D eigenvalue weighted by Gasteiger charge is -2.20. The summed E-state index contributed by atoms with van der Waals surface area (Å²) in [7, 11) is 0. The second kappa shape index (κ2) is 7.17. The van der Waals surface area contributed by atoms with E-state index in [0.29, 0.717) is 12.0 Å². The van der Waals surface area contributed by atoms with Gasteiger partial charge in [0.2, 0.25) is 0 Å². The lowest BCUT2D eigenvalue weighted by atomic mass is 10.0. The van der Waals surface area contributed by atoms with E-state index in [1.807, 2.05) is 0 Å². The Balaban J connectivity index is 1.60. The van der Waals surface area contributed by atoms with Crippen LogP contribution in [0.5, 0.6) is 0 Å². The van der Waals surface area contributed by atoms with Gasteiger partial charge < -0.3 is 9.72 Å². The van der Waals surface area contributed by atoms with Gasteiger partial charge in [-0.05, 0) is 35.9 Å². The Bertz CT molecular complexity index is 897. The number of hydrogen-bond donors (Lipinski definition) is 1. The molecule has 134 valence electrons. The third-order valence-corrected chi connectivity index (χ3v) is 5.66. The number of fused-ring (bicyclic) bond motifs is 1. The van der Waals surface area contributed by atoms with Crippen LogP contribution in [0, 0.1) is 17.5 Å². The van der Waals surface area contributed by atoms with Crippen molar-refractivity contribution in [3.05, 3.63) is 83.2 Å². The van der Waals surface area contributed by atoms with Crippen LogP contribution in [0.1, 0.15) is 23.1 Å². The Morgan fingerprint density at radius 2 is 1.92 bits per heavy atom. The molecule has 2 atom stereocenters. The lowest BCUT2D eigenvalue weighted by molar-refractivity contribution is 0.0357. The summed E-state index contributed by atoms with van der Waals surface area (Å²) in [6, 6.07) is 8.22. The molecule has 1 N–H and O–H groups in total. The van der Waals surface area contributed by atoms with Gasteiger partial charge >= 0.3 is 0 Å². The molecule has 26 heavy (non-hydrogen) atoms. The van der Waals surface area contributed by atoms with E-state index < -0.39 is 17.7 Å². The zero-order valence-corrected chi connectivity index (χ0v) is 14.4. The second-order valence-corrected chi connectivity index (χ2v) is 7.29. The van der Waals surface area contributed by atoms with Crippen molar-refractivity contribution < 1.29 is 17.9 Å². The molecule has 3 nitrogen and oxygen atoms in total. The topological polar surface area (TPSA) is 37.9 Å². The molecule has 4 rings (SSSR count). The minimum atomic E-state index is -0.655. The van der Waals surface area contributed by atoms with Crippen LogP contribution < -0.4 is 0 Å². The number of H-pyrrole nitrogens is 1. The minimum absolute atomic E-state index is 0.0761. The van der Waals surface area contributed by atoms with Crippen LogP contribution in [-0.2, 0) is 17.8 Å². The zero-order valence-electron chi connectivity index (χ0n) is 13.6. The highest BCUT2D eigenvalue weighted by atomic mass is 32.2. The Hall–Kier alpha value is -2.25. The molecule has 0 unspecified atom stereocenters. The van der Waals surface area contributed by atoms with Gasteiger partial charge in [-0.3, -0.25) is 0 Å². The van der Waals surface area contributed by atoms with Crippen molar-refractivity contribution in [3.63, 3.8) is 0 Å². The lowest BCUT2D eigenvalue weighted by Crippen LogP contribution is -2.18. The van der Waals surface area contributed by atoms with E-state index in [0.717, 1.165) is 10.7 Å². The summed E-state index contributed by atoms with van der Waals surface area (Å²) >= 11 is 1.56. The Morgan fingerprint density at radius 3 is 2.65 bits per heavy atom. The fraction of sp³-hybridized carbons (Fsp3) is 0.211. The van der Waals surface area contributed by atoms with E-state index in [9.17, 15) is 13.2 Å². The van der Waals surface area contributed by atoms with Gasteiger partial charge in [0.05, 0.1) is 12.7 Å². The molecular formula is C19H15F3N2OS. The molecule has 0 saturated heterocycles. The molecule has 1 aliphatic heterocycles. The standard InChI is InChI=1S/C19H15F3N2OS/c20-11-4-5-16-12(8-11)19(17(26-16)9-18-23-6-7-24-18)25-10-13-14(21)2-1-3-15(13)22/h1-8,17,19H,9-10H2,(H,23,24)/t17-,19+/m1/s1. The fourth-order valence-electron chi connectivity index (χ4n) is 3.06. The number of nitrogens with zero attached hydrogens (tertiary/aromatic N) is 1. The highest BCUT2D eigenvalue weighted by molar-refractivity contribution is 8.00. The first-order valence-corrected chi connectivity index (χ1v) is 8.98. The average molecular weight is 376 g/mol. The number of ether oxygens (including phenoxy) is 1. The van der Waals surface area contributed by atoms with E-state index in [2.05, 4.69) is 9.97 Å². The Kier molecular flexibility index (Phi) is 4.74. The maximum Gasteiger partial charge on any atom is 0.131 e. The molecule has 0 aliphatic carbocycles. The van der Waals surface area contributed by atoms with Crippen molar-refractivity contribution in [1.82, 2.24) is 9.97 Å². The third kappa shape index (κ3) is 3.37. The Morgan fingerprint density at radius 1 is 1.12 bits per heavy atom. The number of aromatic nitrogens is 2. The van der Waals surface area contributed by atoms with Crippen molar-refractivity contribution in [2.75, 3.05) is 0 Å². The van der Waals surface area contributed by atoms with Gasteiger partial charge in [0.25, 0.3) is 0 Å². The summed E-state index contributed by atoms with van der Waals surface area (Å²) < 4.78 is 47.4. The van der Waals surface area contributed by atoms with Crippen molar-refractivity contribution >= 4 is 11.8 Å². The molecule has 0 fully saturated rings. The number of benzene rings is 2. The second-order valence-electron chi connectivity index (χ2n) is 6.01.